The lowest BCUT2D eigenvalue weighted by atomic mass is 9.98. The molecule has 0 atom stereocenters. The minimum Gasteiger partial charge on any atom is -0.493 e. The van der Waals surface area contributed by atoms with Crippen LogP contribution in [0.3, 0.4) is 0 Å². The molecule has 0 N–H and O–H groups in total. The van der Waals surface area contributed by atoms with Crippen LogP contribution in [-0.2, 0) is 20.0 Å². The van der Waals surface area contributed by atoms with Crippen LogP contribution in [0.2, 0.25) is 0 Å². The first kappa shape index (κ1) is 16.1. The fourth-order valence-corrected chi connectivity index (χ4v) is 2.99. The van der Waals surface area contributed by atoms with Crippen molar-refractivity contribution in [2.75, 3.05) is 20.8 Å². The van der Waals surface area contributed by atoms with Gasteiger partial charge < -0.3 is 18.9 Å². The van der Waals surface area contributed by atoms with Crippen LogP contribution >= 0.6 is 0 Å². The first-order valence-corrected chi connectivity index (χ1v) is 7.74. The highest BCUT2D eigenvalue weighted by atomic mass is 16.5. The molecule has 2 heterocycles. The molecule has 0 unspecified atom stereocenters. The number of ether oxygens (including phenoxy) is 2. The maximum Gasteiger partial charge on any atom is 0.263 e. The number of rotatable bonds is 3. The van der Waals surface area contributed by atoms with Gasteiger partial charge in [-0.15, -0.1) is 0 Å². The Morgan fingerprint density at radius 2 is 1.79 bits per heavy atom. The number of fused-ring (bicyclic) bond motifs is 1. The number of aromatic nitrogens is 1. The zero-order valence-electron chi connectivity index (χ0n) is 14.0. The number of benzene rings is 1. The number of carbonyl (C=O) groups excluding carboxylic acids is 1. The minimum atomic E-state index is -0.277. The number of hydrogen-bond donors (Lipinski definition) is 0. The van der Waals surface area contributed by atoms with Crippen molar-refractivity contribution in [3.05, 3.63) is 57.5 Å². The zero-order valence-corrected chi connectivity index (χ0v) is 14.0. The summed E-state index contributed by atoms with van der Waals surface area (Å²) < 4.78 is 12.1. The molecule has 1 aliphatic heterocycles. The van der Waals surface area contributed by atoms with Crippen molar-refractivity contribution in [2.45, 2.75) is 13.0 Å². The molecule has 2 aromatic rings. The Morgan fingerprint density at radius 1 is 1.12 bits per heavy atom. The van der Waals surface area contributed by atoms with Crippen molar-refractivity contribution in [2.24, 2.45) is 7.05 Å². The van der Waals surface area contributed by atoms with Crippen molar-refractivity contribution < 1.29 is 14.3 Å². The Hall–Kier alpha value is -2.76. The summed E-state index contributed by atoms with van der Waals surface area (Å²) in [5.74, 6) is 1.09. The summed E-state index contributed by atoms with van der Waals surface area (Å²) in [4.78, 5) is 26.6. The van der Waals surface area contributed by atoms with E-state index in [1.54, 1.807) is 44.5 Å². The molecule has 0 fully saturated rings. The van der Waals surface area contributed by atoms with Crippen LogP contribution in [0.15, 0.2) is 35.3 Å². The smallest absolute Gasteiger partial charge is 0.263 e. The summed E-state index contributed by atoms with van der Waals surface area (Å²) in [6.07, 6.45) is 2.36. The van der Waals surface area contributed by atoms with Crippen LogP contribution in [0.25, 0.3) is 0 Å². The fraction of sp³-hybridized carbons (Fsp3) is 0.333. The number of carbonyl (C=O) groups is 1. The van der Waals surface area contributed by atoms with Gasteiger partial charge in [0.15, 0.2) is 11.5 Å². The van der Waals surface area contributed by atoms with E-state index < -0.39 is 0 Å². The lowest BCUT2D eigenvalue weighted by Gasteiger charge is -2.29. The Labute approximate surface area is 140 Å². The molecule has 1 amide bonds. The van der Waals surface area contributed by atoms with Gasteiger partial charge in [0.25, 0.3) is 11.5 Å². The monoisotopic (exact) mass is 328 g/mol. The standard InChI is InChI=1S/C18H20N2O4/c1-19-7-4-5-14(17(19)21)18(22)20-8-6-12-9-15(23-2)16(24-3)10-13(12)11-20/h4-5,7,9-10H,6,8,11H2,1-3H3. The topological polar surface area (TPSA) is 60.8 Å². The predicted molar refractivity (Wildman–Crippen MR) is 89.7 cm³/mol. The summed E-state index contributed by atoms with van der Waals surface area (Å²) >= 11 is 0. The summed E-state index contributed by atoms with van der Waals surface area (Å²) in [6, 6.07) is 7.14. The molecule has 6 nitrogen and oxygen atoms in total. The third-order valence-corrected chi connectivity index (χ3v) is 4.36. The SMILES string of the molecule is COc1cc2c(cc1OC)CN(C(=O)c1cccn(C)c1=O)CC2. The average Bonchev–Trinajstić information content (AvgIpc) is 2.61. The molecule has 126 valence electrons. The molecule has 1 aromatic carbocycles. The molecule has 0 saturated heterocycles. The van der Waals surface area contributed by atoms with Crippen LogP contribution < -0.4 is 15.0 Å². The van der Waals surface area contributed by atoms with E-state index >= 15 is 0 Å². The van der Waals surface area contributed by atoms with Gasteiger partial charge in [-0.3, -0.25) is 9.59 Å². The van der Waals surface area contributed by atoms with Gasteiger partial charge >= 0.3 is 0 Å². The maximum atomic E-state index is 12.7. The molecule has 0 radical (unpaired) electrons. The third kappa shape index (κ3) is 2.75. The van der Waals surface area contributed by atoms with E-state index in [1.807, 2.05) is 12.1 Å². The Kier molecular flexibility index (Phi) is 4.29. The van der Waals surface area contributed by atoms with E-state index in [9.17, 15) is 9.59 Å². The summed E-state index contributed by atoms with van der Waals surface area (Å²) in [6.45, 7) is 1.02. The molecule has 1 aromatic heterocycles. The Bertz CT molecular complexity index is 841. The zero-order chi connectivity index (χ0) is 17.3. The molecular formula is C18H20N2O4. The number of amides is 1. The van der Waals surface area contributed by atoms with E-state index in [0.717, 1.165) is 11.1 Å². The Balaban J connectivity index is 1.91. The highest BCUT2D eigenvalue weighted by molar-refractivity contribution is 5.94. The van der Waals surface area contributed by atoms with Gasteiger partial charge in [0.2, 0.25) is 0 Å². The highest BCUT2D eigenvalue weighted by Gasteiger charge is 2.25. The van der Waals surface area contributed by atoms with Crippen LogP contribution in [-0.4, -0.2) is 36.1 Å². The van der Waals surface area contributed by atoms with E-state index in [2.05, 4.69) is 0 Å². The van der Waals surface area contributed by atoms with Gasteiger partial charge in [0, 0.05) is 26.3 Å². The van der Waals surface area contributed by atoms with Gasteiger partial charge in [-0.05, 0) is 41.8 Å². The van der Waals surface area contributed by atoms with Crippen molar-refractivity contribution in [1.29, 1.82) is 0 Å². The second-order valence-corrected chi connectivity index (χ2v) is 5.79. The molecule has 6 heteroatoms. The van der Waals surface area contributed by atoms with Gasteiger partial charge in [-0.25, -0.2) is 0 Å². The normalized spacial score (nSPS) is 13.4. The molecule has 3 rings (SSSR count). The number of pyridine rings is 1. The van der Waals surface area contributed by atoms with Gasteiger partial charge in [0.05, 0.1) is 14.2 Å². The van der Waals surface area contributed by atoms with E-state index in [1.165, 1.54) is 4.57 Å². The summed E-state index contributed by atoms with van der Waals surface area (Å²) in [7, 11) is 4.83. The van der Waals surface area contributed by atoms with Crippen LogP contribution in [0.5, 0.6) is 11.5 Å². The van der Waals surface area contributed by atoms with Crippen LogP contribution in [0.1, 0.15) is 21.5 Å². The third-order valence-electron chi connectivity index (χ3n) is 4.36. The van der Waals surface area contributed by atoms with Gasteiger partial charge in [0.1, 0.15) is 5.56 Å². The Morgan fingerprint density at radius 3 is 2.46 bits per heavy atom. The van der Waals surface area contributed by atoms with Crippen LogP contribution in [0, 0.1) is 0 Å². The molecule has 0 aliphatic carbocycles. The number of aryl methyl sites for hydroxylation is 1. The van der Waals surface area contributed by atoms with Crippen molar-refractivity contribution in [3.63, 3.8) is 0 Å². The molecule has 24 heavy (non-hydrogen) atoms. The second kappa shape index (κ2) is 6.39. The maximum absolute atomic E-state index is 12.7. The van der Waals surface area contributed by atoms with E-state index in [-0.39, 0.29) is 17.0 Å². The molecule has 0 spiro atoms. The van der Waals surface area contributed by atoms with Gasteiger partial charge in [-0.2, -0.15) is 0 Å². The van der Waals surface area contributed by atoms with E-state index in [4.69, 9.17) is 9.47 Å². The predicted octanol–water partition coefficient (Wildman–Crippen LogP) is 1.60. The molecule has 0 bridgehead atoms. The van der Waals surface area contributed by atoms with Crippen LogP contribution in [0.4, 0.5) is 0 Å². The minimum absolute atomic E-state index is 0.198. The van der Waals surface area contributed by atoms with Crippen molar-refractivity contribution >= 4 is 5.91 Å². The first-order chi connectivity index (χ1) is 11.5. The van der Waals surface area contributed by atoms with Crippen molar-refractivity contribution in [1.82, 2.24) is 9.47 Å². The molecule has 0 saturated carbocycles. The number of methoxy groups -OCH3 is 2. The fourth-order valence-electron chi connectivity index (χ4n) is 2.99. The lowest BCUT2D eigenvalue weighted by Crippen LogP contribution is -2.39. The molecule has 1 aliphatic rings. The second-order valence-electron chi connectivity index (χ2n) is 5.79. The average molecular weight is 328 g/mol. The lowest BCUT2D eigenvalue weighted by molar-refractivity contribution is 0.0732. The molecular weight excluding hydrogens is 308 g/mol. The highest BCUT2D eigenvalue weighted by Crippen LogP contribution is 2.33. The van der Waals surface area contributed by atoms with E-state index in [0.29, 0.717) is 31.0 Å². The quantitative estimate of drug-likeness (QED) is 0.859. The largest absolute Gasteiger partial charge is 0.493 e. The first-order valence-electron chi connectivity index (χ1n) is 7.74. The van der Waals surface area contributed by atoms with Crippen molar-refractivity contribution in [3.8, 4) is 11.5 Å². The summed E-state index contributed by atoms with van der Waals surface area (Å²) in [5.41, 5.74) is 2.07. The van der Waals surface area contributed by atoms with Gasteiger partial charge in [-0.1, -0.05) is 0 Å². The number of hydrogen-bond acceptors (Lipinski definition) is 4. The summed E-state index contributed by atoms with van der Waals surface area (Å²) in [5, 5.41) is 0. The number of nitrogens with zero attached hydrogens (tertiary/aromatic N) is 2.